The van der Waals surface area contributed by atoms with Crippen LogP contribution in [0.1, 0.15) is 11.6 Å². The zero-order valence-corrected chi connectivity index (χ0v) is 19.6. The first-order valence-corrected chi connectivity index (χ1v) is 11.8. The van der Waals surface area contributed by atoms with E-state index in [1.807, 2.05) is 38.6 Å². The van der Waals surface area contributed by atoms with Gasteiger partial charge < -0.3 is 4.98 Å². The maximum Gasteiger partial charge on any atom is 0.126 e. The van der Waals surface area contributed by atoms with E-state index in [4.69, 9.17) is 9.97 Å². The number of pyridine rings is 1. The highest BCUT2D eigenvalue weighted by molar-refractivity contribution is 6.25. The number of rotatable bonds is 1. The van der Waals surface area contributed by atoms with Crippen LogP contribution in [-0.2, 0) is 0 Å². The average molecular weight is 466 g/mol. The fourth-order valence-electron chi connectivity index (χ4n) is 5.61. The van der Waals surface area contributed by atoms with Gasteiger partial charge in [-0.15, -0.1) is 0 Å². The molecule has 0 saturated carbocycles. The molecule has 0 aliphatic heterocycles. The Bertz CT molecular complexity index is 2030. The Labute approximate surface area is 204 Å². The Morgan fingerprint density at radius 2 is 1.33 bits per heavy atom. The summed E-state index contributed by atoms with van der Waals surface area (Å²) in [4.78, 5) is 22.0. The van der Waals surface area contributed by atoms with Gasteiger partial charge in [0.05, 0.1) is 22.7 Å². The van der Waals surface area contributed by atoms with Gasteiger partial charge in [0.2, 0.25) is 0 Å². The van der Waals surface area contributed by atoms with Crippen molar-refractivity contribution in [1.29, 1.82) is 0 Å². The number of imidazole rings is 2. The van der Waals surface area contributed by atoms with Crippen LogP contribution >= 0.6 is 0 Å². The van der Waals surface area contributed by atoms with E-state index in [0.717, 1.165) is 82.5 Å². The normalized spacial score (nSPS) is 12.2. The molecule has 7 heteroatoms. The van der Waals surface area contributed by atoms with Crippen LogP contribution in [0, 0.1) is 13.8 Å². The second-order valence-electron chi connectivity index (χ2n) is 9.31. The SMILES string of the molecule is Cc1nc2c3ccc(-c4ccc5c(c4)c4ccncc4c4nc(C)[nH]c54)cc3c3c[nH]ncc3c2n1. The van der Waals surface area contributed by atoms with Gasteiger partial charge in [-0.25, -0.2) is 15.0 Å². The highest BCUT2D eigenvalue weighted by Gasteiger charge is 2.16. The van der Waals surface area contributed by atoms with Gasteiger partial charge in [-0.05, 0) is 59.3 Å². The third kappa shape index (κ3) is 2.54. The van der Waals surface area contributed by atoms with Crippen LogP contribution in [-0.4, -0.2) is 35.1 Å². The Morgan fingerprint density at radius 1 is 0.611 bits per heavy atom. The van der Waals surface area contributed by atoms with Crippen LogP contribution in [0.4, 0.5) is 0 Å². The van der Waals surface area contributed by atoms with Crippen molar-refractivity contribution in [3.63, 3.8) is 0 Å². The maximum absolute atomic E-state index is 4.75. The van der Waals surface area contributed by atoms with Crippen LogP contribution in [0.15, 0.2) is 67.3 Å². The van der Waals surface area contributed by atoms with E-state index in [1.54, 1.807) is 0 Å². The van der Waals surface area contributed by atoms with Crippen molar-refractivity contribution in [3.8, 4) is 11.1 Å². The van der Waals surface area contributed by atoms with E-state index in [2.05, 4.69) is 67.6 Å². The number of hydrogen-bond acceptors (Lipinski definition) is 5. The molecule has 0 atom stereocenters. The highest BCUT2D eigenvalue weighted by Crippen LogP contribution is 2.38. The van der Waals surface area contributed by atoms with Crippen LogP contribution in [0.5, 0.6) is 0 Å². The zero-order chi connectivity index (χ0) is 24.0. The topological polar surface area (TPSA) is 96.0 Å². The average Bonchev–Trinajstić information content (AvgIpc) is 3.51. The molecule has 170 valence electrons. The van der Waals surface area contributed by atoms with Gasteiger partial charge in [-0.1, -0.05) is 24.3 Å². The molecular formula is C29H19N7. The lowest BCUT2D eigenvalue weighted by molar-refractivity contribution is 1.05. The number of H-pyrrole nitrogens is 2. The molecule has 8 aromatic rings. The second kappa shape index (κ2) is 6.82. The molecular weight excluding hydrogens is 446 g/mol. The largest absolute Gasteiger partial charge is 0.342 e. The number of fused-ring (bicyclic) bond motifs is 12. The molecule has 0 saturated heterocycles. The first kappa shape index (κ1) is 19.4. The smallest absolute Gasteiger partial charge is 0.126 e. The van der Waals surface area contributed by atoms with Crippen molar-refractivity contribution in [3.05, 3.63) is 78.9 Å². The van der Waals surface area contributed by atoms with E-state index in [-0.39, 0.29) is 0 Å². The molecule has 0 aliphatic carbocycles. The van der Waals surface area contributed by atoms with Gasteiger partial charge in [-0.2, -0.15) is 5.10 Å². The van der Waals surface area contributed by atoms with Crippen LogP contribution < -0.4 is 0 Å². The summed E-state index contributed by atoms with van der Waals surface area (Å²) in [7, 11) is 0. The molecule has 0 radical (unpaired) electrons. The summed E-state index contributed by atoms with van der Waals surface area (Å²) in [6, 6.07) is 15.3. The molecule has 0 unspecified atom stereocenters. The third-order valence-corrected chi connectivity index (χ3v) is 7.17. The van der Waals surface area contributed by atoms with E-state index in [0.29, 0.717) is 0 Å². The van der Waals surface area contributed by atoms with E-state index < -0.39 is 0 Å². The Balaban J connectivity index is 1.45. The maximum atomic E-state index is 4.75. The summed E-state index contributed by atoms with van der Waals surface area (Å²) in [6.45, 7) is 3.92. The quantitative estimate of drug-likeness (QED) is 0.269. The van der Waals surface area contributed by atoms with Crippen LogP contribution in [0.3, 0.4) is 0 Å². The van der Waals surface area contributed by atoms with E-state index in [9.17, 15) is 0 Å². The van der Waals surface area contributed by atoms with Crippen molar-refractivity contribution >= 4 is 65.2 Å². The standard InChI is InChI=1S/C29H19N7/c1-14-33-26-19-5-3-16(9-21(19)18-7-8-30-11-24(18)28(26)35-14)17-4-6-20-22(10-17)23-12-31-32-13-25(23)29-27(20)34-15(2)36-29/h3-13,31H,1-2H3,(H,33,35). The minimum atomic E-state index is 0.770. The van der Waals surface area contributed by atoms with Gasteiger partial charge in [0.25, 0.3) is 0 Å². The van der Waals surface area contributed by atoms with Crippen molar-refractivity contribution in [2.45, 2.75) is 13.8 Å². The lowest BCUT2D eigenvalue weighted by Gasteiger charge is -2.11. The number of aryl methyl sites for hydroxylation is 2. The number of nitrogens with one attached hydrogen (secondary N) is 2. The first-order valence-electron chi connectivity index (χ1n) is 11.8. The predicted molar refractivity (Wildman–Crippen MR) is 144 cm³/mol. The molecule has 36 heavy (non-hydrogen) atoms. The molecule has 0 fully saturated rings. The van der Waals surface area contributed by atoms with Gasteiger partial charge >= 0.3 is 0 Å². The van der Waals surface area contributed by atoms with Crippen molar-refractivity contribution in [1.82, 2.24) is 35.1 Å². The summed E-state index contributed by atoms with van der Waals surface area (Å²) in [5.41, 5.74) is 6.12. The molecule has 0 bridgehead atoms. The fourth-order valence-corrected chi connectivity index (χ4v) is 5.61. The van der Waals surface area contributed by atoms with Crippen LogP contribution in [0.25, 0.3) is 76.3 Å². The van der Waals surface area contributed by atoms with E-state index in [1.165, 1.54) is 5.39 Å². The monoisotopic (exact) mass is 465 g/mol. The van der Waals surface area contributed by atoms with Gasteiger partial charge in [-0.3, -0.25) is 10.1 Å². The molecule has 0 amide bonds. The van der Waals surface area contributed by atoms with Gasteiger partial charge in [0.15, 0.2) is 0 Å². The van der Waals surface area contributed by atoms with Gasteiger partial charge in [0, 0.05) is 45.5 Å². The summed E-state index contributed by atoms with van der Waals surface area (Å²) < 4.78 is 0. The van der Waals surface area contributed by atoms with Crippen molar-refractivity contribution in [2.24, 2.45) is 0 Å². The molecule has 0 aliphatic rings. The number of nitrogens with zero attached hydrogens (tertiary/aromatic N) is 5. The Morgan fingerprint density at radius 3 is 2.17 bits per heavy atom. The van der Waals surface area contributed by atoms with Crippen molar-refractivity contribution in [2.75, 3.05) is 0 Å². The zero-order valence-electron chi connectivity index (χ0n) is 19.6. The summed E-state index contributed by atoms with van der Waals surface area (Å²) in [6.07, 6.45) is 7.54. The minimum absolute atomic E-state index is 0.770. The molecule has 8 rings (SSSR count). The number of aromatic nitrogens is 7. The van der Waals surface area contributed by atoms with E-state index >= 15 is 0 Å². The first-order chi connectivity index (χ1) is 17.7. The number of aromatic amines is 2. The summed E-state index contributed by atoms with van der Waals surface area (Å²) >= 11 is 0. The Kier molecular flexibility index (Phi) is 3.68. The number of hydrogen-bond donors (Lipinski definition) is 2. The molecule has 4 aromatic heterocycles. The summed E-state index contributed by atoms with van der Waals surface area (Å²) in [5.74, 6) is 1.67. The molecule has 4 aromatic carbocycles. The number of benzene rings is 4. The molecule has 0 spiro atoms. The highest BCUT2D eigenvalue weighted by atomic mass is 15.1. The van der Waals surface area contributed by atoms with Gasteiger partial charge in [0.1, 0.15) is 17.2 Å². The Hall–Kier alpha value is -4.91. The predicted octanol–water partition coefficient (Wildman–Crippen LogP) is 6.52. The third-order valence-electron chi connectivity index (χ3n) is 7.17. The second-order valence-corrected chi connectivity index (χ2v) is 9.31. The minimum Gasteiger partial charge on any atom is -0.342 e. The lowest BCUT2D eigenvalue weighted by Crippen LogP contribution is -1.88. The van der Waals surface area contributed by atoms with Crippen molar-refractivity contribution < 1.29 is 0 Å². The molecule has 4 heterocycles. The lowest BCUT2D eigenvalue weighted by atomic mass is 9.94. The molecule has 2 N–H and O–H groups in total. The molecule has 7 nitrogen and oxygen atoms in total. The fraction of sp³-hybridized carbons (Fsp3) is 0.0690. The van der Waals surface area contributed by atoms with Crippen LogP contribution in [0.2, 0.25) is 0 Å². The summed E-state index contributed by atoms with van der Waals surface area (Å²) in [5, 5.41) is 16.1.